The average molecular weight is 461 g/mol. The van der Waals surface area contributed by atoms with Gasteiger partial charge in [0.25, 0.3) is 0 Å². The zero-order valence-corrected chi connectivity index (χ0v) is 17.1. The van der Waals surface area contributed by atoms with Gasteiger partial charge in [-0.15, -0.1) is 0 Å². The van der Waals surface area contributed by atoms with Crippen molar-refractivity contribution >= 4 is 23.3 Å². The molecule has 24 heavy (non-hydrogen) atoms. The molecule has 0 amide bonds. The fourth-order valence-electron chi connectivity index (χ4n) is 4.24. The Morgan fingerprint density at radius 2 is 1.38 bits per heavy atom. The van der Waals surface area contributed by atoms with E-state index in [2.05, 4.69) is 6.07 Å². The summed E-state index contributed by atoms with van der Waals surface area (Å²) in [5.74, 6) is 0. The minimum atomic E-state index is -4.36. The van der Waals surface area contributed by atoms with Crippen molar-refractivity contribution in [3.8, 4) is 0 Å². The van der Waals surface area contributed by atoms with Gasteiger partial charge in [0.15, 0.2) is 0 Å². The van der Waals surface area contributed by atoms with Crippen LogP contribution in [0.5, 0.6) is 0 Å². The van der Waals surface area contributed by atoms with Crippen molar-refractivity contribution in [3.05, 3.63) is 24.3 Å². The smallest absolute Gasteiger partial charge is 0.744 e. The summed E-state index contributed by atoms with van der Waals surface area (Å²) in [6.07, 6.45) is 13.0. The van der Waals surface area contributed by atoms with Crippen LogP contribution in [-0.2, 0) is 32.5 Å². The van der Waals surface area contributed by atoms with Crippen LogP contribution in [0, 0.1) is 0 Å². The van der Waals surface area contributed by atoms with Gasteiger partial charge < -0.3 is 4.55 Å². The molecule has 0 atom stereocenters. The summed E-state index contributed by atoms with van der Waals surface area (Å²) in [7, 11) is -4.72. The van der Waals surface area contributed by atoms with Crippen LogP contribution < -0.4 is 5.30 Å². The van der Waals surface area contributed by atoms with Crippen molar-refractivity contribution in [2.45, 2.75) is 80.4 Å². The van der Waals surface area contributed by atoms with E-state index < -0.39 is 10.1 Å². The Kier molecular flexibility index (Phi) is 7.99. The van der Waals surface area contributed by atoms with Gasteiger partial charge in [0.1, 0.15) is 10.1 Å². The van der Waals surface area contributed by atoms with E-state index in [1.165, 1.54) is 70.3 Å². The first-order valence-electron chi connectivity index (χ1n) is 8.90. The molecule has 0 unspecified atom stereocenters. The summed E-state index contributed by atoms with van der Waals surface area (Å²) in [6.45, 7) is 0. The van der Waals surface area contributed by atoms with Gasteiger partial charge >= 0.3 is 22.4 Å². The molecule has 2 aliphatic carbocycles. The van der Waals surface area contributed by atoms with Crippen LogP contribution in [-0.4, -0.2) is 24.3 Å². The molecule has 0 spiro atoms. The normalized spacial score (nSPS) is 20.8. The molecule has 2 aliphatic rings. The third kappa shape index (κ3) is 5.16. The SMILES string of the molecule is O=S(=O)([O-])c1cccc(P(C2CCCCC2)C2CCCCC2)c1.[Ag+]. The minimum Gasteiger partial charge on any atom is -0.744 e. The third-order valence-corrected chi connectivity index (χ3v) is 9.65. The molecular formula is C18H26AgO3PS. The van der Waals surface area contributed by atoms with Crippen LogP contribution in [0.4, 0.5) is 0 Å². The van der Waals surface area contributed by atoms with Gasteiger partial charge in [0.05, 0.1) is 4.90 Å². The van der Waals surface area contributed by atoms with Gasteiger partial charge in [0.2, 0.25) is 0 Å². The Balaban J connectivity index is 0.00000208. The third-order valence-electron chi connectivity index (χ3n) is 5.34. The fraction of sp³-hybridized carbons (Fsp3) is 0.667. The molecule has 0 aliphatic heterocycles. The summed E-state index contributed by atoms with van der Waals surface area (Å²) >= 11 is 0. The van der Waals surface area contributed by atoms with Gasteiger partial charge in [-0.25, -0.2) is 8.42 Å². The Bertz CT molecular complexity index is 605. The molecular weight excluding hydrogens is 435 g/mol. The number of hydrogen-bond acceptors (Lipinski definition) is 3. The molecule has 3 rings (SSSR count). The van der Waals surface area contributed by atoms with Crippen molar-refractivity contribution in [1.82, 2.24) is 0 Å². The first kappa shape index (κ1) is 20.6. The predicted molar refractivity (Wildman–Crippen MR) is 94.7 cm³/mol. The van der Waals surface area contributed by atoms with E-state index in [1.807, 2.05) is 0 Å². The van der Waals surface area contributed by atoms with Crippen LogP contribution in [0.3, 0.4) is 0 Å². The summed E-state index contributed by atoms with van der Waals surface area (Å²) in [6, 6.07) is 6.98. The second-order valence-corrected chi connectivity index (χ2v) is 11.1. The molecule has 0 aromatic heterocycles. The van der Waals surface area contributed by atoms with Gasteiger partial charge in [-0.05, 0) is 54.4 Å². The molecule has 1 aromatic rings. The molecule has 0 bridgehead atoms. The quantitative estimate of drug-likeness (QED) is 0.381. The molecule has 3 nitrogen and oxygen atoms in total. The predicted octanol–water partition coefficient (Wildman–Crippen LogP) is 4.36. The molecule has 2 saturated carbocycles. The van der Waals surface area contributed by atoms with Crippen LogP contribution >= 0.6 is 7.92 Å². The van der Waals surface area contributed by atoms with E-state index in [9.17, 15) is 13.0 Å². The van der Waals surface area contributed by atoms with E-state index in [1.54, 1.807) is 12.1 Å². The van der Waals surface area contributed by atoms with Crippen molar-refractivity contribution in [2.75, 3.05) is 0 Å². The van der Waals surface area contributed by atoms with E-state index in [4.69, 9.17) is 0 Å². The fourth-order valence-corrected chi connectivity index (χ4v) is 8.67. The first-order valence-corrected chi connectivity index (χ1v) is 11.8. The van der Waals surface area contributed by atoms with Gasteiger partial charge in [-0.1, -0.05) is 58.6 Å². The van der Waals surface area contributed by atoms with Crippen molar-refractivity contribution in [2.24, 2.45) is 0 Å². The summed E-state index contributed by atoms with van der Waals surface area (Å²) in [4.78, 5) is -0.0471. The number of rotatable bonds is 4. The van der Waals surface area contributed by atoms with Crippen LogP contribution in [0.1, 0.15) is 64.2 Å². The molecule has 2 fully saturated rings. The van der Waals surface area contributed by atoms with Crippen molar-refractivity contribution in [1.29, 1.82) is 0 Å². The van der Waals surface area contributed by atoms with Gasteiger partial charge in [-0.2, -0.15) is 0 Å². The summed E-state index contributed by atoms with van der Waals surface area (Å²) in [5.41, 5.74) is 1.43. The van der Waals surface area contributed by atoms with Crippen molar-refractivity contribution in [3.63, 3.8) is 0 Å². The number of hydrogen-bond donors (Lipinski definition) is 0. The Labute approximate surface area is 163 Å². The Morgan fingerprint density at radius 1 is 0.875 bits per heavy atom. The van der Waals surface area contributed by atoms with Crippen LogP contribution in [0.15, 0.2) is 29.2 Å². The van der Waals surface area contributed by atoms with Crippen molar-refractivity contribution < 1.29 is 35.4 Å². The van der Waals surface area contributed by atoms with E-state index in [-0.39, 0.29) is 35.2 Å². The zero-order chi connectivity index (χ0) is 16.3. The van der Waals surface area contributed by atoms with E-state index >= 15 is 0 Å². The average Bonchev–Trinajstić information content (AvgIpc) is 2.57. The monoisotopic (exact) mass is 460 g/mol. The van der Waals surface area contributed by atoms with E-state index in [0.29, 0.717) is 11.3 Å². The van der Waals surface area contributed by atoms with E-state index in [0.717, 1.165) is 5.30 Å². The molecule has 0 N–H and O–H groups in total. The molecule has 1 aromatic carbocycles. The van der Waals surface area contributed by atoms with Gasteiger partial charge in [0, 0.05) is 0 Å². The first-order chi connectivity index (χ1) is 11.1. The molecule has 138 valence electrons. The minimum absolute atomic E-state index is 0. The molecule has 0 radical (unpaired) electrons. The maximum absolute atomic E-state index is 11.4. The Morgan fingerprint density at radius 3 is 1.83 bits per heavy atom. The molecule has 0 heterocycles. The second kappa shape index (κ2) is 9.30. The van der Waals surface area contributed by atoms with Gasteiger partial charge in [-0.3, -0.25) is 0 Å². The largest absolute Gasteiger partial charge is 1.00 e. The Hall–Kier alpha value is 0.300. The summed E-state index contributed by atoms with van der Waals surface area (Å²) < 4.78 is 34.2. The number of benzene rings is 1. The second-order valence-electron chi connectivity index (χ2n) is 6.94. The molecule has 0 saturated heterocycles. The topological polar surface area (TPSA) is 57.2 Å². The van der Waals surface area contributed by atoms with Crippen LogP contribution in [0.2, 0.25) is 0 Å². The zero-order valence-electron chi connectivity index (χ0n) is 13.9. The van der Waals surface area contributed by atoms with Crippen LogP contribution in [0.25, 0.3) is 0 Å². The molecule has 6 heteroatoms. The maximum Gasteiger partial charge on any atom is 1.00 e. The standard InChI is InChI=1S/C18H27O3PS.Ag/c19-23(20,21)18-13-7-12-17(14-18)22(15-8-3-1-4-9-15)16-10-5-2-6-11-16;/h7,12-16H,1-6,8-11H2,(H,19,20,21);/q;+1/p-1. The summed E-state index contributed by atoms with van der Waals surface area (Å²) in [5, 5.41) is 1.15. The maximum atomic E-state index is 11.4.